The number of carbonyl (C=O) groups excluding carboxylic acids is 2. The van der Waals surface area contributed by atoms with E-state index in [0.717, 1.165) is 12.8 Å². The summed E-state index contributed by atoms with van der Waals surface area (Å²) in [7, 11) is 0. The van der Waals surface area contributed by atoms with Gasteiger partial charge in [-0.2, -0.15) is 0 Å². The molecule has 0 fully saturated rings. The molecule has 1 aromatic rings. The first-order valence-corrected chi connectivity index (χ1v) is 8.46. The van der Waals surface area contributed by atoms with Gasteiger partial charge in [-0.3, -0.25) is 9.59 Å². The van der Waals surface area contributed by atoms with Gasteiger partial charge in [-0.05, 0) is 18.6 Å². The monoisotopic (exact) mass is 308 g/mol. The van der Waals surface area contributed by atoms with Crippen LogP contribution in [0, 0.1) is 0 Å². The number of furan rings is 1. The van der Waals surface area contributed by atoms with E-state index in [4.69, 9.17) is 9.15 Å². The van der Waals surface area contributed by atoms with Crippen LogP contribution in [0.5, 0.6) is 0 Å². The first kappa shape index (κ1) is 18.5. The number of ketones is 1. The molecule has 0 saturated heterocycles. The number of hydrogen-bond donors (Lipinski definition) is 0. The molecule has 0 unspecified atom stereocenters. The van der Waals surface area contributed by atoms with Gasteiger partial charge >= 0.3 is 5.97 Å². The Morgan fingerprint density at radius 1 is 1.00 bits per heavy atom. The molecule has 22 heavy (non-hydrogen) atoms. The Morgan fingerprint density at radius 3 is 2.23 bits per heavy atom. The van der Waals surface area contributed by atoms with E-state index in [1.54, 1.807) is 12.1 Å². The van der Waals surface area contributed by atoms with E-state index in [1.807, 2.05) is 0 Å². The van der Waals surface area contributed by atoms with E-state index in [9.17, 15) is 9.59 Å². The second-order valence-corrected chi connectivity index (χ2v) is 5.64. The SMILES string of the molecule is CCCCCCCCCCCC(=O)OCC(=O)c1ccco1. The Balaban J connectivity index is 1.92. The van der Waals surface area contributed by atoms with E-state index in [1.165, 1.54) is 51.2 Å². The first-order chi connectivity index (χ1) is 10.7. The van der Waals surface area contributed by atoms with Crippen molar-refractivity contribution in [2.24, 2.45) is 0 Å². The van der Waals surface area contributed by atoms with Gasteiger partial charge in [0.2, 0.25) is 5.78 Å². The van der Waals surface area contributed by atoms with Crippen LogP contribution in [-0.4, -0.2) is 18.4 Å². The number of esters is 1. The summed E-state index contributed by atoms with van der Waals surface area (Å²) in [6.07, 6.45) is 12.7. The zero-order chi connectivity index (χ0) is 16.0. The summed E-state index contributed by atoms with van der Waals surface area (Å²) in [6, 6.07) is 3.20. The van der Waals surface area contributed by atoms with Crippen LogP contribution in [0.4, 0.5) is 0 Å². The molecule has 124 valence electrons. The Hall–Kier alpha value is -1.58. The third-order valence-electron chi connectivity index (χ3n) is 3.64. The highest BCUT2D eigenvalue weighted by molar-refractivity contribution is 5.95. The predicted molar refractivity (Wildman–Crippen MR) is 85.8 cm³/mol. The molecule has 0 N–H and O–H groups in total. The van der Waals surface area contributed by atoms with Crippen LogP contribution in [0.15, 0.2) is 22.8 Å². The zero-order valence-corrected chi connectivity index (χ0v) is 13.6. The molecule has 0 aliphatic heterocycles. The molecule has 4 heteroatoms. The molecule has 0 aliphatic carbocycles. The molecule has 0 bridgehead atoms. The van der Waals surface area contributed by atoms with Crippen LogP contribution >= 0.6 is 0 Å². The standard InChI is InChI=1S/C18H28O4/c1-2-3-4-5-6-7-8-9-10-13-18(20)22-15-16(19)17-12-11-14-21-17/h11-12,14H,2-10,13,15H2,1H3. The highest BCUT2D eigenvalue weighted by Gasteiger charge is 2.11. The van der Waals surface area contributed by atoms with Crippen molar-refractivity contribution in [3.8, 4) is 0 Å². The van der Waals surface area contributed by atoms with E-state index in [-0.39, 0.29) is 24.1 Å². The van der Waals surface area contributed by atoms with Crippen LogP contribution < -0.4 is 0 Å². The molecule has 0 amide bonds. The lowest BCUT2D eigenvalue weighted by Crippen LogP contribution is -2.13. The number of rotatable bonds is 13. The molecule has 4 nitrogen and oxygen atoms in total. The third-order valence-corrected chi connectivity index (χ3v) is 3.64. The van der Waals surface area contributed by atoms with Crippen LogP contribution in [0.1, 0.15) is 81.7 Å². The lowest BCUT2D eigenvalue weighted by atomic mass is 10.1. The van der Waals surface area contributed by atoms with Crippen molar-refractivity contribution < 1.29 is 18.7 Å². The summed E-state index contributed by atoms with van der Waals surface area (Å²) in [6.45, 7) is 1.99. The smallest absolute Gasteiger partial charge is 0.306 e. The van der Waals surface area contributed by atoms with Gasteiger partial charge in [-0.1, -0.05) is 58.3 Å². The van der Waals surface area contributed by atoms with Gasteiger partial charge in [0, 0.05) is 6.42 Å². The molecule has 1 aromatic heterocycles. The van der Waals surface area contributed by atoms with E-state index >= 15 is 0 Å². The van der Waals surface area contributed by atoms with E-state index < -0.39 is 0 Å². The minimum atomic E-state index is -0.303. The highest BCUT2D eigenvalue weighted by Crippen LogP contribution is 2.11. The third kappa shape index (κ3) is 8.65. The van der Waals surface area contributed by atoms with Gasteiger partial charge < -0.3 is 9.15 Å². The first-order valence-electron chi connectivity index (χ1n) is 8.46. The van der Waals surface area contributed by atoms with Gasteiger partial charge in [-0.25, -0.2) is 0 Å². The topological polar surface area (TPSA) is 56.5 Å². The summed E-state index contributed by atoms with van der Waals surface area (Å²) in [5, 5.41) is 0. The number of ether oxygens (including phenoxy) is 1. The Morgan fingerprint density at radius 2 is 1.64 bits per heavy atom. The average molecular weight is 308 g/mol. The van der Waals surface area contributed by atoms with Gasteiger partial charge in [0.1, 0.15) is 0 Å². The highest BCUT2D eigenvalue weighted by atomic mass is 16.5. The molecule has 0 saturated carbocycles. The van der Waals surface area contributed by atoms with Gasteiger partial charge in [0.05, 0.1) is 6.26 Å². The number of Topliss-reactive ketones (excluding diaryl/α,β-unsaturated/α-hetero) is 1. The zero-order valence-electron chi connectivity index (χ0n) is 13.6. The van der Waals surface area contributed by atoms with Crippen LogP contribution in [-0.2, 0) is 9.53 Å². The van der Waals surface area contributed by atoms with Crippen molar-refractivity contribution in [1.29, 1.82) is 0 Å². The van der Waals surface area contributed by atoms with Crippen molar-refractivity contribution in [1.82, 2.24) is 0 Å². The quantitative estimate of drug-likeness (QED) is 0.294. The number of hydrogen-bond acceptors (Lipinski definition) is 4. The van der Waals surface area contributed by atoms with E-state index in [0.29, 0.717) is 6.42 Å². The molecule has 0 atom stereocenters. The van der Waals surface area contributed by atoms with Crippen LogP contribution in [0.25, 0.3) is 0 Å². The molecule has 0 radical (unpaired) electrons. The Kier molecular flexibility index (Phi) is 10.1. The van der Waals surface area contributed by atoms with Gasteiger partial charge in [-0.15, -0.1) is 0 Å². The molecule has 0 aromatic carbocycles. The molecule has 0 spiro atoms. The van der Waals surface area contributed by atoms with Crippen molar-refractivity contribution in [2.45, 2.75) is 71.1 Å². The number of unbranched alkanes of at least 4 members (excludes halogenated alkanes) is 8. The minimum Gasteiger partial charge on any atom is -0.461 e. The maximum absolute atomic E-state index is 11.6. The maximum Gasteiger partial charge on any atom is 0.306 e. The Bertz CT molecular complexity index is 409. The average Bonchev–Trinajstić information content (AvgIpc) is 3.05. The molecule has 0 aliphatic rings. The normalized spacial score (nSPS) is 10.6. The fourth-order valence-electron chi connectivity index (χ4n) is 2.31. The van der Waals surface area contributed by atoms with Crippen molar-refractivity contribution >= 4 is 11.8 Å². The van der Waals surface area contributed by atoms with Crippen LogP contribution in [0.3, 0.4) is 0 Å². The molecular weight excluding hydrogens is 280 g/mol. The van der Waals surface area contributed by atoms with Crippen molar-refractivity contribution in [3.63, 3.8) is 0 Å². The summed E-state index contributed by atoms with van der Waals surface area (Å²) < 4.78 is 9.90. The second-order valence-electron chi connectivity index (χ2n) is 5.64. The summed E-state index contributed by atoms with van der Waals surface area (Å²) in [4.78, 5) is 23.1. The fourth-order valence-corrected chi connectivity index (χ4v) is 2.31. The lowest BCUT2D eigenvalue weighted by molar-refractivity contribution is -0.142. The molecule has 1 heterocycles. The second kappa shape index (κ2) is 12.0. The summed E-state index contributed by atoms with van der Waals surface area (Å²) in [5.74, 6) is -0.371. The summed E-state index contributed by atoms with van der Waals surface area (Å²) >= 11 is 0. The summed E-state index contributed by atoms with van der Waals surface area (Å²) in [5.41, 5.74) is 0. The van der Waals surface area contributed by atoms with Crippen LogP contribution in [0.2, 0.25) is 0 Å². The largest absolute Gasteiger partial charge is 0.461 e. The van der Waals surface area contributed by atoms with E-state index in [2.05, 4.69) is 6.92 Å². The predicted octanol–water partition coefficient (Wildman–Crippen LogP) is 4.93. The molecule has 1 rings (SSSR count). The van der Waals surface area contributed by atoms with Gasteiger partial charge in [0.15, 0.2) is 12.4 Å². The molecular formula is C18H28O4. The maximum atomic E-state index is 11.6. The minimum absolute atomic E-state index is 0.232. The number of carbonyl (C=O) groups is 2. The Labute approximate surface area is 133 Å². The fraction of sp³-hybridized carbons (Fsp3) is 0.667. The van der Waals surface area contributed by atoms with Crippen molar-refractivity contribution in [3.05, 3.63) is 24.2 Å². The van der Waals surface area contributed by atoms with Gasteiger partial charge in [0.25, 0.3) is 0 Å². The van der Waals surface area contributed by atoms with Crippen molar-refractivity contribution in [2.75, 3.05) is 6.61 Å². The lowest BCUT2D eigenvalue weighted by Gasteiger charge is -2.04.